The first-order valence-corrected chi connectivity index (χ1v) is 8.79. The lowest BCUT2D eigenvalue weighted by molar-refractivity contribution is 0.102. The molecule has 0 radical (unpaired) electrons. The zero-order chi connectivity index (χ0) is 17.0. The number of anilines is 1. The van der Waals surface area contributed by atoms with E-state index in [0.29, 0.717) is 11.3 Å². The van der Waals surface area contributed by atoms with Crippen LogP contribution in [0.25, 0.3) is 0 Å². The van der Waals surface area contributed by atoms with Crippen molar-refractivity contribution < 1.29 is 23.1 Å². The quantitative estimate of drug-likeness (QED) is 0.874. The molecule has 0 aromatic heterocycles. The molecule has 0 fully saturated rings. The molecule has 23 heavy (non-hydrogen) atoms. The Hall–Kier alpha value is -2.54. The molecule has 0 heterocycles. The summed E-state index contributed by atoms with van der Waals surface area (Å²) in [5.74, 6) is -0.373. The number of aromatic hydroxyl groups is 1. The van der Waals surface area contributed by atoms with Crippen LogP contribution in [0.5, 0.6) is 11.5 Å². The van der Waals surface area contributed by atoms with Crippen LogP contribution < -0.4 is 10.1 Å². The Bertz CT molecular complexity index is 830. The number of nitrogens with one attached hydrogen (secondary N) is 1. The maximum Gasteiger partial charge on any atom is 0.255 e. The summed E-state index contributed by atoms with van der Waals surface area (Å²) in [6, 6.07) is 10.9. The van der Waals surface area contributed by atoms with Crippen molar-refractivity contribution in [2.24, 2.45) is 0 Å². The minimum atomic E-state index is -3.15. The third-order valence-electron chi connectivity index (χ3n) is 3.05. The highest BCUT2D eigenvalue weighted by atomic mass is 32.2. The SMILES string of the molecule is COc1ccc(C(=O)Nc2cccc(CS(C)(=O)=O)c2)cc1O. The van der Waals surface area contributed by atoms with Crippen molar-refractivity contribution in [1.29, 1.82) is 0 Å². The number of sulfone groups is 1. The van der Waals surface area contributed by atoms with Crippen molar-refractivity contribution in [3.8, 4) is 11.5 Å². The van der Waals surface area contributed by atoms with Crippen molar-refractivity contribution in [3.05, 3.63) is 53.6 Å². The Morgan fingerprint density at radius 2 is 1.96 bits per heavy atom. The van der Waals surface area contributed by atoms with E-state index in [9.17, 15) is 18.3 Å². The van der Waals surface area contributed by atoms with Crippen LogP contribution in [0.15, 0.2) is 42.5 Å². The zero-order valence-electron chi connectivity index (χ0n) is 12.7. The van der Waals surface area contributed by atoms with Gasteiger partial charge in [-0.3, -0.25) is 4.79 Å². The second-order valence-electron chi connectivity index (χ2n) is 5.11. The highest BCUT2D eigenvalue weighted by Crippen LogP contribution is 2.26. The van der Waals surface area contributed by atoms with Gasteiger partial charge in [-0.2, -0.15) is 0 Å². The minimum absolute atomic E-state index is 0.0972. The summed E-state index contributed by atoms with van der Waals surface area (Å²) < 4.78 is 27.6. The fraction of sp³-hybridized carbons (Fsp3) is 0.188. The summed E-state index contributed by atoms with van der Waals surface area (Å²) in [5, 5.41) is 12.4. The number of ether oxygens (including phenoxy) is 1. The predicted octanol–water partition coefficient (Wildman–Crippen LogP) is 2.20. The Labute approximate surface area is 134 Å². The van der Waals surface area contributed by atoms with Gasteiger partial charge in [0, 0.05) is 17.5 Å². The van der Waals surface area contributed by atoms with Gasteiger partial charge in [-0.05, 0) is 35.9 Å². The van der Waals surface area contributed by atoms with Gasteiger partial charge < -0.3 is 15.2 Å². The molecule has 0 unspecified atom stereocenters. The molecule has 0 atom stereocenters. The van der Waals surface area contributed by atoms with Crippen LogP contribution in [0.4, 0.5) is 5.69 Å². The van der Waals surface area contributed by atoms with Crippen molar-refractivity contribution in [2.45, 2.75) is 5.75 Å². The number of phenolic OH excluding ortho intramolecular Hbond substituents is 1. The second-order valence-corrected chi connectivity index (χ2v) is 7.25. The molecular formula is C16H17NO5S. The normalized spacial score (nSPS) is 11.0. The molecule has 0 spiro atoms. The Kier molecular flexibility index (Phi) is 4.90. The molecular weight excluding hydrogens is 318 g/mol. The van der Waals surface area contributed by atoms with Crippen LogP contribution in [-0.2, 0) is 15.6 Å². The van der Waals surface area contributed by atoms with Gasteiger partial charge in [0.2, 0.25) is 0 Å². The lowest BCUT2D eigenvalue weighted by Gasteiger charge is -2.09. The monoisotopic (exact) mass is 335 g/mol. The second kappa shape index (κ2) is 6.70. The molecule has 0 aliphatic carbocycles. The summed E-state index contributed by atoms with van der Waals surface area (Å²) in [6.45, 7) is 0. The molecule has 2 rings (SSSR count). The number of phenols is 1. The Morgan fingerprint density at radius 1 is 1.22 bits per heavy atom. The van der Waals surface area contributed by atoms with E-state index >= 15 is 0 Å². The van der Waals surface area contributed by atoms with E-state index in [-0.39, 0.29) is 22.8 Å². The Balaban J connectivity index is 2.17. The van der Waals surface area contributed by atoms with Gasteiger partial charge in [-0.15, -0.1) is 0 Å². The molecule has 6 nitrogen and oxygen atoms in total. The van der Waals surface area contributed by atoms with Crippen molar-refractivity contribution in [1.82, 2.24) is 0 Å². The smallest absolute Gasteiger partial charge is 0.255 e. The first-order valence-electron chi connectivity index (χ1n) is 6.73. The molecule has 0 bridgehead atoms. The van der Waals surface area contributed by atoms with Gasteiger partial charge in [0.15, 0.2) is 21.3 Å². The van der Waals surface area contributed by atoms with Gasteiger partial charge >= 0.3 is 0 Å². The van der Waals surface area contributed by atoms with Gasteiger partial charge in [0.05, 0.1) is 12.9 Å². The van der Waals surface area contributed by atoms with E-state index in [1.165, 1.54) is 25.3 Å². The van der Waals surface area contributed by atoms with Crippen LogP contribution >= 0.6 is 0 Å². The minimum Gasteiger partial charge on any atom is -0.504 e. The third kappa shape index (κ3) is 4.72. The summed E-state index contributed by atoms with van der Waals surface area (Å²) in [7, 11) is -1.73. The standard InChI is InChI=1S/C16H17NO5S/c1-22-15-7-6-12(9-14(15)18)16(19)17-13-5-3-4-11(8-13)10-23(2,20)21/h3-9,18H,10H2,1-2H3,(H,17,19). The molecule has 122 valence electrons. The van der Waals surface area contributed by atoms with Crippen LogP contribution in [0.2, 0.25) is 0 Å². The molecule has 0 aliphatic rings. The number of rotatable bonds is 5. The lowest BCUT2D eigenvalue weighted by atomic mass is 10.1. The maximum atomic E-state index is 12.2. The number of hydrogen-bond acceptors (Lipinski definition) is 5. The van der Waals surface area contributed by atoms with E-state index in [1.807, 2.05) is 0 Å². The molecule has 1 amide bonds. The average molecular weight is 335 g/mol. The number of benzene rings is 2. The number of carbonyl (C=O) groups is 1. The molecule has 0 saturated carbocycles. The van der Waals surface area contributed by atoms with E-state index in [2.05, 4.69) is 5.32 Å². The van der Waals surface area contributed by atoms with E-state index in [4.69, 9.17) is 4.74 Å². The molecule has 0 aliphatic heterocycles. The van der Waals surface area contributed by atoms with Crippen LogP contribution in [0.1, 0.15) is 15.9 Å². The summed E-state index contributed by atoms with van der Waals surface area (Å²) >= 11 is 0. The summed E-state index contributed by atoms with van der Waals surface area (Å²) in [5.41, 5.74) is 1.33. The molecule has 0 saturated heterocycles. The van der Waals surface area contributed by atoms with Crippen molar-refractivity contribution >= 4 is 21.4 Å². The highest BCUT2D eigenvalue weighted by molar-refractivity contribution is 7.89. The molecule has 2 aromatic rings. The van der Waals surface area contributed by atoms with Crippen molar-refractivity contribution in [2.75, 3.05) is 18.7 Å². The number of hydrogen-bond donors (Lipinski definition) is 2. The van der Waals surface area contributed by atoms with Gasteiger partial charge in [0.25, 0.3) is 5.91 Å². The van der Waals surface area contributed by atoms with Gasteiger partial charge in [0.1, 0.15) is 0 Å². The molecule has 7 heteroatoms. The first kappa shape index (κ1) is 16.8. The Morgan fingerprint density at radius 3 is 2.57 bits per heavy atom. The average Bonchev–Trinajstić information content (AvgIpc) is 2.45. The zero-order valence-corrected chi connectivity index (χ0v) is 13.6. The summed E-state index contributed by atoms with van der Waals surface area (Å²) in [6.07, 6.45) is 1.15. The molecule has 2 aromatic carbocycles. The predicted molar refractivity (Wildman–Crippen MR) is 87.6 cm³/mol. The largest absolute Gasteiger partial charge is 0.504 e. The number of carbonyl (C=O) groups excluding carboxylic acids is 1. The highest BCUT2D eigenvalue weighted by Gasteiger charge is 2.11. The van der Waals surface area contributed by atoms with Gasteiger partial charge in [-0.25, -0.2) is 8.42 Å². The van der Waals surface area contributed by atoms with Crippen LogP contribution in [-0.4, -0.2) is 32.8 Å². The topological polar surface area (TPSA) is 92.7 Å². The van der Waals surface area contributed by atoms with E-state index < -0.39 is 15.7 Å². The fourth-order valence-corrected chi connectivity index (χ4v) is 2.86. The maximum absolute atomic E-state index is 12.2. The van der Waals surface area contributed by atoms with Crippen LogP contribution in [0, 0.1) is 0 Å². The number of methoxy groups -OCH3 is 1. The van der Waals surface area contributed by atoms with E-state index in [1.54, 1.807) is 24.3 Å². The lowest BCUT2D eigenvalue weighted by Crippen LogP contribution is -2.12. The third-order valence-corrected chi connectivity index (χ3v) is 3.91. The first-order chi connectivity index (χ1) is 10.8. The summed E-state index contributed by atoms with van der Waals surface area (Å²) in [4.78, 5) is 12.2. The molecule has 2 N–H and O–H groups in total. The number of amides is 1. The van der Waals surface area contributed by atoms with E-state index in [0.717, 1.165) is 6.26 Å². The van der Waals surface area contributed by atoms with Crippen LogP contribution in [0.3, 0.4) is 0 Å². The van der Waals surface area contributed by atoms with Gasteiger partial charge in [-0.1, -0.05) is 12.1 Å². The fourth-order valence-electron chi connectivity index (χ4n) is 2.08. The van der Waals surface area contributed by atoms with Crippen molar-refractivity contribution in [3.63, 3.8) is 0 Å².